The highest BCUT2D eigenvalue weighted by Gasteiger charge is 2.26. The van der Waals surface area contributed by atoms with Crippen LogP contribution in [0.25, 0.3) is 0 Å². The highest BCUT2D eigenvalue weighted by atomic mass is 35.5. The molecule has 2 fully saturated rings. The summed E-state index contributed by atoms with van der Waals surface area (Å²) < 4.78 is 0. The largest absolute Gasteiger partial charge is 0.339 e. The van der Waals surface area contributed by atoms with E-state index >= 15 is 0 Å². The van der Waals surface area contributed by atoms with E-state index in [1.165, 1.54) is 32.1 Å². The maximum atomic E-state index is 12.5. The van der Waals surface area contributed by atoms with E-state index in [2.05, 4.69) is 5.32 Å². The first-order valence-corrected chi connectivity index (χ1v) is 10.5. The van der Waals surface area contributed by atoms with E-state index in [4.69, 9.17) is 23.2 Å². The minimum Gasteiger partial charge on any atom is -0.339 e. The number of hydrogen-bond acceptors (Lipinski definition) is 2. The van der Waals surface area contributed by atoms with Crippen LogP contribution in [-0.4, -0.2) is 47.9 Å². The van der Waals surface area contributed by atoms with Crippen LogP contribution in [0.2, 0.25) is 10.0 Å². The van der Waals surface area contributed by atoms with E-state index in [-0.39, 0.29) is 11.9 Å². The molecule has 1 aromatic carbocycles. The van der Waals surface area contributed by atoms with Crippen molar-refractivity contribution in [3.63, 3.8) is 0 Å². The van der Waals surface area contributed by atoms with Crippen molar-refractivity contribution < 1.29 is 9.59 Å². The van der Waals surface area contributed by atoms with Crippen LogP contribution < -0.4 is 5.32 Å². The zero-order chi connectivity index (χ0) is 19.2. The lowest BCUT2D eigenvalue weighted by Crippen LogP contribution is -2.53. The van der Waals surface area contributed by atoms with Gasteiger partial charge in [-0.05, 0) is 30.4 Å². The minimum atomic E-state index is -0.134. The van der Waals surface area contributed by atoms with Gasteiger partial charge in [0.15, 0.2) is 0 Å². The van der Waals surface area contributed by atoms with Crippen LogP contribution >= 0.6 is 23.2 Å². The number of rotatable bonds is 4. The van der Waals surface area contributed by atoms with Gasteiger partial charge >= 0.3 is 6.03 Å². The topological polar surface area (TPSA) is 52.7 Å². The maximum absolute atomic E-state index is 12.5. The molecule has 7 heteroatoms. The first-order valence-electron chi connectivity index (χ1n) is 9.78. The summed E-state index contributed by atoms with van der Waals surface area (Å²) in [4.78, 5) is 28.6. The molecule has 0 spiro atoms. The number of carbonyl (C=O) groups excluding carboxylic acids is 2. The maximum Gasteiger partial charge on any atom is 0.317 e. The Balaban J connectivity index is 1.42. The molecule has 0 atom stereocenters. The summed E-state index contributed by atoms with van der Waals surface area (Å²) in [7, 11) is 0. The Kier molecular flexibility index (Phi) is 7.25. The van der Waals surface area contributed by atoms with Crippen LogP contribution in [0.4, 0.5) is 4.79 Å². The van der Waals surface area contributed by atoms with E-state index in [1.54, 1.807) is 11.0 Å². The lowest BCUT2D eigenvalue weighted by Gasteiger charge is -2.35. The zero-order valence-electron chi connectivity index (χ0n) is 15.6. The molecule has 1 heterocycles. The normalized spacial score (nSPS) is 18.4. The molecule has 1 saturated carbocycles. The van der Waals surface area contributed by atoms with Crippen LogP contribution in [0.3, 0.4) is 0 Å². The second kappa shape index (κ2) is 9.65. The number of carbonyl (C=O) groups is 2. The molecule has 1 N–H and O–H groups in total. The molecule has 1 aliphatic carbocycles. The third kappa shape index (κ3) is 5.52. The zero-order valence-corrected chi connectivity index (χ0v) is 17.1. The van der Waals surface area contributed by atoms with Gasteiger partial charge < -0.3 is 15.1 Å². The van der Waals surface area contributed by atoms with Gasteiger partial charge in [0.25, 0.3) is 0 Å². The number of piperazine rings is 1. The van der Waals surface area contributed by atoms with Crippen molar-refractivity contribution in [2.45, 2.75) is 45.1 Å². The van der Waals surface area contributed by atoms with Crippen molar-refractivity contribution >= 4 is 35.1 Å². The molecule has 1 aliphatic heterocycles. The van der Waals surface area contributed by atoms with Crippen LogP contribution in [-0.2, 0) is 11.3 Å². The third-order valence-electron chi connectivity index (χ3n) is 5.57. The van der Waals surface area contributed by atoms with Gasteiger partial charge in [-0.1, -0.05) is 54.6 Å². The van der Waals surface area contributed by atoms with Crippen molar-refractivity contribution in [2.24, 2.45) is 5.92 Å². The summed E-state index contributed by atoms with van der Waals surface area (Å²) >= 11 is 12.2. The van der Waals surface area contributed by atoms with E-state index < -0.39 is 0 Å². The molecule has 0 unspecified atom stereocenters. The Hall–Kier alpha value is -1.46. The Morgan fingerprint density at radius 2 is 1.67 bits per heavy atom. The summed E-state index contributed by atoms with van der Waals surface area (Å²) in [6.45, 7) is 2.67. The monoisotopic (exact) mass is 411 g/mol. The number of nitrogens with zero attached hydrogens (tertiary/aromatic N) is 2. The Morgan fingerprint density at radius 3 is 2.37 bits per heavy atom. The molecule has 148 valence electrons. The van der Waals surface area contributed by atoms with Gasteiger partial charge in [0.1, 0.15) is 0 Å². The van der Waals surface area contributed by atoms with Gasteiger partial charge in [0, 0.05) is 39.1 Å². The van der Waals surface area contributed by atoms with Gasteiger partial charge in [-0.15, -0.1) is 0 Å². The lowest BCUT2D eigenvalue weighted by atomic mass is 9.86. The van der Waals surface area contributed by atoms with Gasteiger partial charge in [-0.25, -0.2) is 4.79 Å². The van der Waals surface area contributed by atoms with Gasteiger partial charge in [-0.2, -0.15) is 0 Å². The minimum absolute atomic E-state index is 0.134. The fourth-order valence-corrected chi connectivity index (χ4v) is 4.28. The summed E-state index contributed by atoms with van der Waals surface area (Å²) in [6, 6.07) is 5.24. The SMILES string of the molecule is O=C(CC1CCCCC1)N1CCN(C(=O)NCc2cccc(Cl)c2Cl)CC1. The molecular formula is C20H27Cl2N3O2. The van der Waals surface area contributed by atoms with Gasteiger partial charge in [-0.3, -0.25) is 4.79 Å². The number of benzene rings is 1. The van der Waals surface area contributed by atoms with Crippen LogP contribution in [0.5, 0.6) is 0 Å². The van der Waals surface area contributed by atoms with Gasteiger partial charge in [0.2, 0.25) is 5.91 Å². The first-order chi connectivity index (χ1) is 13.0. The average molecular weight is 412 g/mol. The first kappa shape index (κ1) is 20.3. The Morgan fingerprint density at radius 1 is 1.00 bits per heavy atom. The number of urea groups is 1. The summed E-state index contributed by atoms with van der Waals surface area (Å²) in [5.41, 5.74) is 0.791. The van der Waals surface area contributed by atoms with Crippen LogP contribution in [0.15, 0.2) is 18.2 Å². The molecule has 3 rings (SSSR count). The Labute approximate surface area is 171 Å². The smallest absolute Gasteiger partial charge is 0.317 e. The van der Waals surface area contributed by atoms with E-state index in [1.807, 2.05) is 17.0 Å². The number of nitrogens with one attached hydrogen (secondary N) is 1. The molecule has 2 aliphatic rings. The van der Waals surface area contributed by atoms with Crippen LogP contribution in [0, 0.1) is 5.92 Å². The second-order valence-electron chi connectivity index (χ2n) is 7.45. The fraction of sp³-hybridized carbons (Fsp3) is 0.600. The van der Waals surface area contributed by atoms with Crippen LogP contribution in [0.1, 0.15) is 44.1 Å². The quantitative estimate of drug-likeness (QED) is 0.801. The summed E-state index contributed by atoms with van der Waals surface area (Å²) in [5, 5.41) is 3.84. The number of halogens is 2. The third-order valence-corrected chi connectivity index (χ3v) is 6.43. The highest BCUT2D eigenvalue weighted by molar-refractivity contribution is 6.42. The van der Waals surface area contributed by atoms with Crippen molar-refractivity contribution in [3.8, 4) is 0 Å². The van der Waals surface area contributed by atoms with Gasteiger partial charge in [0.05, 0.1) is 10.0 Å². The summed E-state index contributed by atoms with van der Waals surface area (Å²) in [5.74, 6) is 0.794. The number of hydrogen-bond donors (Lipinski definition) is 1. The van der Waals surface area contributed by atoms with E-state index in [0.29, 0.717) is 55.1 Å². The molecular weight excluding hydrogens is 385 g/mol. The predicted octanol–water partition coefficient (Wildman–Crippen LogP) is 4.32. The van der Waals surface area contributed by atoms with Crippen molar-refractivity contribution in [1.29, 1.82) is 0 Å². The van der Waals surface area contributed by atoms with Crippen molar-refractivity contribution in [1.82, 2.24) is 15.1 Å². The van der Waals surface area contributed by atoms with Crippen molar-refractivity contribution in [2.75, 3.05) is 26.2 Å². The number of amides is 3. The molecule has 0 radical (unpaired) electrons. The van der Waals surface area contributed by atoms with E-state index in [9.17, 15) is 9.59 Å². The van der Waals surface area contributed by atoms with Crippen molar-refractivity contribution in [3.05, 3.63) is 33.8 Å². The predicted molar refractivity (Wildman–Crippen MR) is 108 cm³/mol. The fourth-order valence-electron chi connectivity index (χ4n) is 3.89. The molecule has 0 bridgehead atoms. The summed E-state index contributed by atoms with van der Waals surface area (Å²) in [6.07, 6.45) is 6.84. The lowest BCUT2D eigenvalue weighted by molar-refractivity contribution is -0.133. The highest BCUT2D eigenvalue weighted by Crippen LogP contribution is 2.27. The second-order valence-corrected chi connectivity index (χ2v) is 8.23. The molecule has 1 aromatic rings. The average Bonchev–Trinajstić information content (AvgIpc) is 2.70. The molecule has 0 aromatic heterocycles. The molecule has 27 heavy (non-hydrogen) atoms. The molecule has 5 nitrogen and oxygen atoms in total. The standard InChI is InChI=1S/C20H27Cl2N3O2/c21-17-8-4-7-16(19(17)22)14-23-20(27)25-11-9-24(10-12-25)18(26)13-15-5-2-1-3-6-15/h4,7-8,15H,1-3,5-6,9-14H2,(H,23,27). The van der Waals surface area contributed by atoms with E-state index in [0.717, 1.165) is 5.56 Å². The Bertz CT molecular complexity index is 669. The molecule has 1 saturated heterocycles. The molecule has 3 amide bonds.